The third-order valence-corrected chi connectivity index (χ3v) is 5.14. The molecular weight excluding hydrogens is 280 g/mol. The molecule has 2 aliphatic carbocycles. The first-order chi connectivity index (χ1) is 11.3. The maximum Gasteiger partial charge on any atom is 0.0459 e. The van der Waals surface area contributed by atoms with E-state index in [1.807, 2.05) is 0 Å². The fourth-order valence-electron chi connectivity index (χ4n) is 3.70. The third-order valence-electron chi connectivity index (χ3n) is 5.14. The fraction of sp³-hybridized carbons (Fsp3) is 0.455. The molecule has 23 heavy (non-hydrogen) atoms. The number of hydrogen-bond donors (Lipinski definition) is 1. The van der Waals surface area contributed by atoms with Crippen molar-refractivity contribution in [3.8, 4) is 11.8 Å². The summed E-state index contributed by atoms with van der Waals surface area (Å²) in [5.74, 6) is 7.91. The van der Waals surface area contributed by atoms with Gasteiger partial charge in [-0.1, -0.05) is 59.9 Å². The number of aliphatic hydroxyl groups is 1. The average molecular weight is 306 g/mol. The van der Waals surface area contributed by atoms with Gasteiger partial charge < -0.3 is 5.11 Å². The molecular formula is C22H26O. The number of aliphatic hydroxyl groups excluding tert-OH is 1. The summed E-state index contributed by atoms with van der Waals surface area (Å²) in [7, 11) is 0. The molecule has 0 heterocycles. The second-order valence-corrected chi connectivity index (χ2v) is 6.78. The van der Waals surface area contributed by atoms with Gasteiger partial charge in [-0.3, -0.25) is 0 Å². The van der Waals surface area contributed by atoms with E-state index < -0.39 is 0 Å². The van der Waals surface area contributed by atoms with E-state index in [9.17, 15) is 5.11 Å². The normalized spacial score (nSPS) is 23.7. The molecule has 0 aromatic heterocycles. The molecule has 1 nitrogen and oxygen atoms in total. The maximum atomic E-state index is 9.28. The van der Waals surface area contributed by atoms with Crippen molar-refractivity contribution >= 4 is 0 Å². The van der Waals surface area contributed by atoms with E-state index in [-0.39, 0.29) is 0 Å². The minimum Gasteiger partial charge on any atom is -0.396 e. The molecule has 120 valence electrons. The van der Waals surface area contributed by atoms with Crippen LogP contribution in [0, 0.1) is 23.7 Å². The lowest BCUT2D eigenvalue weighted by Gasteiger charge is -2.18. The maximum absolute atomic E-state index is 9.28. The molecule has 1 aromatic rings. The van der Waals surface area contributed by atoms with Gasteiger partial charge in [0, 0.05) is 18.6 Å². The summed E-state index contributed by atoms with van der Waals surface area (Å²) < 4.78 is 0. The molecule has 0 spiro atoms. The lowest BCUT2D eigenvalue weighted by atomic mass is 9.87. The van der Waals surface area contributed by atoms with E-state index in [0.717, 1.165) is 25.7 Å². The molecule has 2 aliphatic rings. The van der Waals surface area contributed by atoms with Crippen molar-refractivity contribution in [2.75, 3.05) is 6.61 Å². The van der Waals surface area contributed by atoms with Gasteiger partial charge in [0.15, 0.2) is 0 Å². The Bertz CT molecular complexity index is 627. The molecule has 0 amide bonds. The summed E-state index contributed by atoms with van der Waals surface area (Å²) >= 11 is 0. The van der Waals surface area contributed by atoms with Gasteiger partial charge >= 0.3 is 0 Å². The molecule has 0 bridgehead atoms. The third kappa shape index (κ3) is 4.60. The molecule has 3 rings (SSSR count). The van der Waals surface area contributed by atoms with Crippen LogP contribution in [0.1, 0.15) is 44.1 Å². The Labute approximate surface area is 140 Å². The van der Waals surface area contributed by atoms with E-state index in [1.54, 1.807) is 5.57 Å². The van der Waals surface area contributed by atoms with Crippen LogP contribution in [0.4, 0.5) is 0 Å². The molecule has 1 heteroatoms. The minimum atomic E-state index is 0.359. The lowest BCUT2D eigenvalue weighted by molar-refractivity contribution is 0.227. The van der Waals surface area contributed by atoms with Crippen LogP contribution in [0.2, 0.25) is 0 Å². The second-order valence-electron chi connectivity index (χ2n) is 6.78. The van der Waals surface area contributed by atoms with Gasteiger partial charge in [0.1, 0.15) is 0 Å². The largest absolute Gasteiger partial charge is 0.396 e. The summed E-state index contributed by atoms with van der Waals surface area (Å²) in [5.41, 5.74) is 4.22. The average Bonchev–Trinajstić information content (AvgIpc) is 3.09. The standard InChI is InChI=1S/C22H26O/c23-17-20-12-15-22(16-20)21-13-10-19(11-14-21)9-5-4-8-18-6-2-1-3-7-18/h1-3,6-7,10,13,20,22-23H,4,8,11-12,14-17H2. The molecule has 0 radical (unpaired) electrons. The molecule has 1 aromatic carbocycles. The van der Waals surface area contributed by atoms with Crippen molar-refractivity contribution in [1.82, 2.24) is 0 Å². The summed E-state index contributed by atoms with van der Waals surface area (Å²) in [6.07, 6.45) is 12.3. The SMILES string of the molecule is OCC1CCC(C2=CC=C(C#CCCc3ccccc3)CC2)C1. The van der Waals surface area contributed by atoms with Crippen LogP contribution in [0.3, 0.4) is 0 Å². The zero-order chi connectivity index (χ0) is 15.9. The quantitative estimate of drug-likeness (QED) is 0.801. The van der Waals surface area contributed by atoms with Gasteiger partial charge in [0.05, 0.1) is 0 Å². The fourth-order valence-corrected chi connectivity index (χ4v) is 3.70. The molecule has 2 atom stereocenters. The highest BCUT2D eigenvalue weighted by Gasteiger charge is 2.27. The zero-order valence-corrected chi connectivity index (χ0v) is 13.8. The Morgan fingerprint density at radius 3 is 2.61 bits per heavy atom. The summed E-state index contributed by atoms with van der Waals surface area (Å²) in [4.78, 5) is 0. The summed E-state index contributed by atoms with van der Waals surface area (Å²) in [6, 6.07) is 10.6. The van der Waals surface area contributed by atoms with Crippen LogP contribution in [0.5, 0.6) is 0 Å². The molecule has 0 aliphatic heterocycles. The van der Waals surface area contributed by atoms with Gasteiger partial charge in [0.25, 0.3) is 0 Å². The molecule has 1 fully saturated rings. The highest BCUT2D eigenvalue weighted by Crippen LogP contribution is 2.38. The smallest absolute Gasteiger partial charge is 0.0459 e. The van der Waals surface area contributed by atoms with Crippen molar-refractivity contribution in [3.05, 3.63) is 59.2 Å². The molecule has 0 saturated heterocycles. The number of hydrogen-bond acceptors (Lipinski definition) is 1. The minimum absolute atomic E-state index is 0.359. The van der Waals surface area contributed by atoms with Gasteiger partial charge in [-0.05, 0) is 55.9 Å². The van der Waals surface area contributed by atoms with Gasteiger partial charge in [-0.15, -0.1) is 0 Å². The number of allylic oxidation sites excluding steroid dienone is 4. The van der Waals surface area contributed by atoms with Crippen molar-refractivity contribution in [2.45, 2.75) is 44.9 Å². The van der Waals surface area contributed by atoms with Crippen LogP contribution < -0.4 is 0 Å². The van der Waals surface area contributed by atoms with Gasteiger partial charge in [-0.2, -0.15) is 0 Å². The van der Waals surface area contributed by atoms with Crippen LogP contribution >= 0.6 is 0 Å². The van der Waals surface area contributed by atoms with E-state index >= 15 is 0 Å². The number of rotatable bonds is 4. The summed E-state index contributed by atoms with van der Waals surface area (Å²) in [6.45, 7) is 0.359. The van der Waals surface area contributed by atoms with E-state index in [0.29, 0.717) is 18.4 Å². The van der Waals surface area contributed by atoms with Gasteiger partial charge in [-0.25, -0.2) is 0 Å². The zero-order valence-electron chi connectivity index (χ0n) is 13.8. The van der Waals surface area contributed by atoms with E-state index in [4.69, 9.17) is 0 Å². The predicted molar refractivity (Wildman–Crippen MR) is 95.9 cm³/mol. The van der Waals surface area contributed by atoms with Crippen molar-refractivity contribution in [2.24, 2.45) is 11.8 Å². The Kier molecular flexibility index (Phi) is 5.72. The monoisotopic (exact) mass is 306 g/mol. The topological polar surface area (TPSA) is 20.2 Å². The van der Waals surface area contributed by atoms with E-state index in [1.165, 1.54) is 30.4 Å². The van der Waals surface area contributed by atoms with Crippen LogP contribution in [0.25, 0.3) is 0 Å². The first-order valence-electron chi connectivity index (χ1n) is 8.88. The Balaban J connectivity index is 1.50. The molecule has 1 N–H and O–H groups in total. The lowest BCUT2D eigenvalue weighted by Crippen LogP contribution is -2.05. The van der Waals surface area contributed by atoms with Crippen molar-refractivity contribution in [3.63, 3.8) is 0 Å². The Morgan fingerprint density at radius 1 is 1.04 bits per heavy atom. The van der Waals surface area contributed by atoms with E-state index in [2.05, 4.69) is 54.3 Å². The number of benzene rings is 1. The first kappa shape index (κ1) is 16.1. The Morgan fingerprint density at radius 2 is 1.91 bits per heavy atom. The summed E-state index contributed by atoms with van der Waals surface area (Å²) in [5, 5.41) is 9.28. The molecule has 1 saturated carbocycles. The predicted octanol–water partition coefficient (Wildman–Crippen LogP) is 4.68. The highest BCUT2D eigenvalue weighted by atomic mass is 16.3. The number of aryl methyl sites for hydroxylation is 1. The van der Waals surface area contributed by atoms with Crippen molar-refractivity contribution in [1.29, 1.82) is 0 Å². The highest BCUT2D eigenvalue weighted by molar-refractivity contribution is 5.37. The second kappa shape index (κ2) is 8.18. The first-order valence-corrected chi connectivity index (χ1v) is 8.88. The Hall–Kier alpha value is -1.78. The van der Waals surface area contributed by atoms with Crippen LogP contribution in [-0.4, -0.2) is 11.7 Å². The van der Waals surface area contributed by atoms with Crippen LogP contribution in [-0.2, 0) is 6.42 Å². The molecule has 2 unspecified atom stereocenters. The van der Waals surface area contributed by atoms with Crippen molar-refractivity contribution < 1.29 is 5.11 Å². The van der Waals surface area contributed by atoms with Crippen LogP contribution in [0.15, 0.2) is 53.6 Å². The van der Waals surface area contributed by atoms with Gasteiger partial charge in [0.2, 0.25) is 0 Å².